The SMILES string of the molecule is CC(C)(C)OC(=O)NC1CCC(C2=CC(c3ccc(OC(F)(F)F)cc3)c3cc(C=O)ccc32)C1. The minimum atomic E-state index is -4.75. The van der Waals surface area contributed by atoms with Gasteiger partial charge in [-0.05, 0) is 86.4 Å². The number of halogens is 3. The van der Waals surface area contributed by atoms with E-state index in [1.165, 1.54) is 12.1 Å². The minimum absolute atomic E-state index is 0.00806. The number of rotatable bonds is 5. The molecule has 0 radical (unpaired) electrons. The normalized spacial score (nSPS) is 21.8. The molecule has 0 spiro atoms. The molecule has 186 valence electrons. The van der Waals surface area contributed by atoms with Crippen LogP contribution >= 0.6 is 0 Å². The fourth-order valence-corrected chi connectivity index (χ4v) is 4.91. The van der Waals surface area contributed by atoms with E-state index in [0.717, 1.165) is 47.8 Å². The molecule has 0 aliphatic heterocycles. The van der Waals surface area contributed by atoms with Crippen LogP contribution in [0.1, 0.15) is 73.0 Å². The molecule has 3 unspecified atom stereocenters. The molecule has 2 aromatic carbocycles. The Hall–Kier alpha value is -3.29. The third kappa shape index (κ3) is 6.05. The van der Waals surface area contributed by atoms with E-state index in [-0.39, 0.29) is 23.6 Å². The number of nitrogens with one attached hydrogen (secondary N) is 1. The summed E-state index contributed by atoms with van der Waals surface area (Å²) in [5.41, 5.74) is 3.87. The summed E-state index contributed by atoms with van der Waals surface area (Å²) in [6.45, 7) is 5.46. The first-order chi connectivity index (χ1) is 16.4. The van der Waals surface area contributed by atoms with Gasteiger partial charge in [0, 0.05) is 17.5 Å². The molecule has 3 atom stereocenters. The van der Waals surface area contributed by atoms with Crippen molar-refractivity contribution >= 4 is 18.0 Å². The summed E-state index contributed by atoms with van der Waals surface area (Å²) in [5.74, 6) is -0.275. The van der Waals surface area contributed by atoms with E-state index >= 15 is 0 Å². The number of aldehydes is 1. The van der Waals surface area contributed by atoms with Gasteiger partial charge < -0.3 is 14.8 Å². The monoisotopic (exact) mass is 487 g/mol. The number of ether oxygens (including phenoxy) is 2. The van der Waals surface area contributed by atoms with E-state index in [1.807, 2.05) is 32.9 Å². The van der Waals surface area contributed by atoms with Crippen molar-refractivity contribution in [3.63, 3.8) is 0 Å². The highest BCUT2D eigenvalue weighted by Crippen LogP contribution is 2.47. The van der Waals surface area contributed by atoms with E-state index in [2.05, 4.69) is 16.1 Å². The molecule has 35 heavy (non-hydrogen) atoms. The average Bonchev–Trinajstić information content (AvgIpc) is 3.35. The van der Waals surface area contributed by atoms with E-state index in [0.29, 0.717) is 5.56 Å². The van der Waals surface area contributed by atoms with Gasteiger partial charge in [0.25, 0.3) is 0 Å². The molecule has 8 heteroatoms. The summed E-state index contributed by atoms with van der Waals surface area (Å²) in [6, 6.07) is 11.4. The summed E-state index contributed by atoms with van der Waals surface area (Å²) in [4.78, 5) is 23.6. The van der Waals surface area contributed by atoms with Crippen LogP contribution in [0.4, 0.5) is 18.0 Å². The van der Waals surface area contributed by atoms with E-state index in [4.69, 9.17) is 4.74 Å². The topological polar surface area (TPSA) is 64.6 Å². The van der Waals surface area contributed by atoms with Gasteiger partial charge in [0.05, 0.1) is 0 Å². The molecule has 0 saturated heterocycles. The molecule has 0 heterocycles. The average molecular weight is 488 g/mol. The van der Waals surface area contributed by atoms with Crippen molar-refractivity contribution < 1.29 is 32.2 Å². The zero-order chi connectivity index (χ0) is 25.4. The third-order valence-electron chi connectivity index (χ3n) is 6.27. The van der Waals surface area contributed by atoms with Crippen molar-refractivity contribution in [2.75, 3.05) is 0 Å². The van der Waals surface area contributed by atoms with Crippen LogP contribution in [-0.4, -0.2) is 30.4 Å². The van der Waals surface area contributed by atoms with Crippen LogP contribution in [0.5, 0.6) is 5.75 Å². The van der Waals surface area contributed by atoms with Crippen molar-refractivity contribution in [2.24, 2.45) is 5.92 Å². The molecule has 1 N–H and O–H groups in total. The fourth-order valence-electron chi connectivity index (χ4n) is 4.91. The molecule has 4 rings (SSSR count). The Labute approximate surface area is 202 Å². The van der Waals surface area contributed by atoms with E-state index in [1.54, 1.807) is 18.2 Å². The van der Waals surface area contributed by atoms with Crippen LogP contribution in [0.3, 0.4) is 0 Å². The second-order valence-electron chi connectivity index (χ2n) is 10.0. The Morgan fingerprint density at radius 1 is 1.06 bits per heavy atom. The lowest BCUT2D eigenvalue weighted by Crippen LogP contribution is -2.37. The predicted octanol–water partition coefficient (Wildman–Crippen LogP) is 6.62. The van der Waals surface area contributed by atoms with Crippen molar-refractivity contribution in [3.8, 4) is 5.75 Å². The van der Waals surface area contributed by atoms with Gasteiger partial charge in [0.1, 0.15) is 17.6 Å². The van der Waals surface area contributed by atoms with Crippen molar-refractivity contribution in [1.29, 1.82) is 0 Å². The molecule has 0 aromatic heterocycles. The maximum absolute atomic E-state index is 12.5. The predicted molar refractivity (Wildman–Crippen MR) is 125 cm³/mol. The highest BCUT2D eigenvalue weighted by atomic mass is 19.4. The van der Waals surface area contributed by atoms with Crippen LogP contribution < -0.4 is 10.1 Å². The van der Waals surface area contributed by atoms with Gasteiger partial charge in [-0.1, -0.05) is 30.3 Å². The van der Waals surface area contributed by atoms with Gasteiger partial charge in [-0.3, -0.25) is 4.79 Å². The van der Waals surface area contributed by atoms with Crippen molar-refractivity contribution in [1.82, 2.24) is 5.32 Å². The van der Waals surface area contributed by atoms with Crippen molar-refractivity contribution in [2.45, 2.75) is 64.0 Å². The summed E-state index contributed by atoms with van der Waals surface area (Å²) in [7, 11) is 0. The number of benzene rings is 2. The minimum Gasteiger partial charge on any atom is -0.444 e. The Morgan fingerprint density at radius 2 is 1.77 bits per heavy atom. The first-order valence-electron chi connectivity index (χ1n) is 11.6. The molecule has 1 fully saturated rings. The fraction of sp³-hybridized carbons (Fsp3) is 0.407. The summed E-state index contributed by atoms with van der Waals surface area (Å²) in [5, 5.41) is 2.96. The van der Waals surface area contributed by atoms with Crippen LogP contribution in [0.25, 0.3) is 5.57 Å². The summed E-state index contributed by atoms with van der Waals surface area (Å²) in [6.07, 6.45) is 0.179. The smallest absolute Gasteiger partial charge is 0.444 e. The molecule has 0 bridgehead atoms. The number of amides is 1. The standard InChI is InChI=1S/C27H28F3NO4/c1-26(2,3)35-25(33)31-19-8-5-18(13-19)23-14-22(24-12-16(15-32)4-11-21(23)24)17-6-9-20(10-7-17)34-27(28,29)30/h4,6-7,9-12,14-15,18-19,22H,5,8,13H2,1-3H3,(H,31,33). The molecule has 2 aromatic rings. The quantitative estimate of drug-likeness (QED) is 0.482. The lowest BCUT2D eigenvalue weighted by molar-refractivity contribution is -0.274. The number of allylic oxidation sites excluding steroid dienone is 2. The second kappa shape index (κ2) is 9.40. The van der Waals surface area contributed by atoms with Crippen molar-refractivity contribution in [3.05, 3.63) is 70.8 Å². The molecule has 2 aliphatic carbocycles. The number of carbonyl (C=O) groups excluding carboxylic acids is 2. The van der Waals surface area contributed by atoms with Gasteiger partial charge in [-0.15, -0.1) is 13.2 Å². The zero-order valence-corrected chi connectivity index (χ0v) is 19.8. The van der Waals surface area contributed by atoms with Gasteiger partial charge in [-0.25, -0.2) is 4.79 Å². The number of alkyl halides is 3. The van der Waals surface area contributed by atoms with Crippen LogP contribution in [0.2, 0.25) is 0 Å². The molecule has 1 saturated carbocycles. The van der Waals surface area contributed by atoms with Gasteiger partial charge in [0.15, 0.2) is 0 Å². The lowest BCUT2D eigenvalue weighted by Gasteiger charge is -2.22. The number of alkyl carbamates (subject to hydrolysis) is 1. The second-order valence-corrected chi connectivity index (χ2v) is 10.0. The number of fused-ring (bicyclic) bond motifs is 1. The van der Waals surface area contributed by atoms with Crippen LogP contribution in [-0.2, 0) is 4.74 Å². The van der Waals surface area contributed by atoms with Gasteiger partial charge >= 0.3 is 12.5 Å². The van der Waals surface area contributed by atoms with Crippen LogP contribution in [0.15, 0.2) is 48.5 Å². The summed E-state index contributed by atoms with van der Waals surface area (Å²) >= 11 is 0. The van der Waals surface area contributed by atoms with Gasteiger partial charge in [0.2, 0.25) is 0 Å². The maximum atomic E-state index is 12.5. The zero-order valence-electron chi connectivity index (χ0n) is 19.8. The highest BCUT2D eigenvalue weighted by Gasteiger charge is 2.35. The lowest BCUT2D eigenvalue weighted by atomic mass is 9.90. The van der Waals surface area contributed by atoms with E-state index in [9.17, 15) is 22.8 Å². The number of hydrogen-bond acceptors (Lipinski definition) is 4. The Bertz CT molecular complexity index is 1130. The largest absolute Gasteiger partial charge is 0.573 e. The maximum Gasteiger partial charge on any atom is 0.573 e. The molecule has 1 amide bonds. The Balaban J connectivity index is 1.56. The molecule has 5 nitrogen and oxygen atoms in total. The molecule has 2 aliphatic rings. The van der Waals surface area contributed by atoms with Crippen LogP contribution in [0, 0.1) is 5.92 Å². The van der Waals surface area contributed by atoms with Gasteiger partial charge in [-0.2, -0.15) is 0 Å². The Kier molecular flexibility index (Phi) is 6.66. The first-order valence-corrected chi connectivity index (χ1v) is 11.6. The number of hydrogen-bond donors (Lipinski definition) is 1. The highest BCUT2D eigenvalue weighted by molar-refractivity contribution is 5.83. The summed E-state index contributed by atoms with van der Waals surface area (Å²) < 4.78 is 47.0. The first kappa shape index (κ1) is 24.8. The molecular weight excluding hydrogens is 459 g/mol. The molecular formula is C27H28F3NO4. The Morgan fingerprint density at radius 3 is 2.40 bits per heavy atom. The number of carbonyl (C=O) groups is 2. The third-order valence-corrected chi connectivity index (χ3v) is 6.27. The van der Waals surface area contributed by atoms with E-state index < -0.39 is 18.1 Å².